The number of carbonyl (C=O) groups is 1. The van der Waals surface area contributed by atoms with E-state index >= 15 is 0 Å². The molecule has 74 valence electrons. The molecule has 0 saturated carbocycles. The predicted octanol–water partition coefficient (Wildman–Crippen LogP) is 4.26. The van der Waals surface area contributed by atoms with Crippen LogP contribution in [0, 0.1) is 11.8 Å². The number of hydrogen-bond acceptors (Lipinski definition) is 2. The van der Waals surface area contributed by atoms with Gasteiger partial charge in [-0.15, -0.1) is 23.2 Å². The molecule has 1 aromatic rings. The molecule has 1 aromatic heterocycles. The van der Waals surface area contributed by atoms with Crippen LogP contribution in [0.4, 0.5) is 0 Å². The number of thiophene rings is 1. The molecule has 1 heterocycles. The van der Waals surface area contributed by atoms with Crippen LogP contribution in [0.1, 0.15) is 30.1 Å². The number of Topliss-reactive ketones (excluding diaryl/α,β-unsaturated/α-hetero) is 1. The average molecular weight is 336 g/mol. The Hall–Kier alpha value is -0.110. The molecular formula is C10H8Br2OS. The molecular weight excluding hydrogens is 328 g/mol. The summed E-state index contributed by atoms with van der Waals surface area (Å²) in [5.41, 5.74) is 0.750. The Morgan fingerprint density at radius 2 is 2.29 bits per heavy atom. The SMILES string of the molecule is CC#CCCC(=O)c1cc(Br)sc1Br. The van der Waals surface area contributed by atoms with E-state index in [1.54, 1.807) is 6.92 Å². The highest BCUT2D eigenvalue weighted by Gasteiger charge is 2.12. The monoisotopic (exact) mass is 334 g/mol. The normalized spacial score (nSPS) is 9.36. The van der Waals surface area contributed by atoms with Gasteiger partial charge < -0.3 is 0 Å². The van der Waals surface area contributed by atoms with Gasteiger partial charge in [-0.25, -0.2) is 0 Å². The molecule has 0 aliphatic heterocycles. The van der Waals surface area contributed by atoms with E-state index in [4.69, 9.17) is 0 Å². The molecule has 0 fully saturated rings. The van der Waals surface area contributed by atoms with Crippen LogP contribution in [0.5, 0.6) is 0 Å². The van der Waals surface area contributed by atoms with Crippen molar-refractivity contribution in [3.63, 3.8) is 0 Å². The van der Waals surface area contributed by atoms with Crippen molar-refractivity contribution in [2.75, 3.05) is 0 Å². The van der Waals surface area contributed by atoms with Gasteiger partial charge in [0, 0.05) is 18.4 Å². The van der Waals surface area contributed by atoms with E-state index in [-0.39, 0.29) is 5.78 Å². The van der Waals surface area contributed by atoms with E-state index < -0.39 is 0 Å². The van der Waals surface area contributed by atoms with E-state index in [0.717, 1.165) is 13.1 Å². The van der Waals surface area contributed by atoms with Gasteiger partial charge in [0.25, 0.3) is 0 Å². The van der Waals surface area contributed by atoms with Crippen LogP contribution >= 0.6 is 43.2 Å². The number of ketones is 1. The molecule has 0 spiro atoms. The minimum absolute atomic E-state index is 0.140. The van der Waals surface area contributed by atoms with Crippen LogP contribution in [0.15, 0.2) is 13.6 Å². The molecule has 0 aliphatic carbocycles. The number of carbonyl (C=O) groups excluding carboxylic acids is 1. The Morgan fingerprint density at radius 3 is 2.79 bits per heavy atom. The molecule has 0 unspecified atom stereocenters. The Balaban J connectivity index is 2.68. The number of halogens is 2. The zero-order valence-electron chi connectivity index (χ0n) is 7.56. The number of rotatable bonds is 3. The smallest absolute Gasteiger partial charge is 0.165 e. The maximum absolute atomic E-state index is 11.6. The topological polar surface area (TPSA) is 17.1 Å². The van der Waals surface area contributed by atoms with Gasteiger partial charge in [-0.2, -0.15) is 0 Å². The second kappa shape index (κ2) is 5.69. The Labute approximate surface area is 104 Å². The van der Waals surface area contributed by atoms with E-state index in [0.29, 0.717) is 12.8 Å². The summed E-state index contributed by atoms with van der Waals surface area (Å²) in [4.78, 5) is 11.6. The molecule has 0 atom stereocenters. The van der Waals surface area contributed by atoms with E-state index in [1.807, 2.05) is 6.07 Å². The summed E-state index contributed by atoms with van der Waals surface area (Å²) < 4.78 is 1.85. The van der Waals surface area contributed by atoms with Gasteiger partial charge in [-0.1, -0.05) is 0 Å². The van der Waals surface area contributed by atoms with Gasteiger partial charge in [0.2, 0.25) is 0 Å². The third-order valence-electron chi connectivity index (χ3n) is 1.61. The standard InChI is InChI=1S/C10H8Br2OS/c1-2-3-4-5-8(13)7-6-9(11)14-10(7)12/h6H,4-5H2,1H3. The predicted molar refractivity (Wildman–Crippen MR) is 66.7 cm³/mol. The molecule has 14 heavy (non-hydrogen) atoms. The molecule has 0 saturated heterocycles. The zero-order valence-corrected chi connectivity index (χ0v) is 11.6. The molecule has 0 aromatic carbocycles. The molecule has 1 rings (SSSR count). The van der Waals surface area contributed by atoms with Crippen LogP contribution in [-0.2, 0) is 0 Å². The van der Waals surface area contributed by atoms with Crippen molar-refractivity contribution in [2.24, 2.45) is 0 Å². The lowest BCUT2D eigenvalue weighted by atomic mass is 10.1. The van der Waals surface area contributed by atoms with Crippen LogP contribution in [0.3, 0.4) is 0 Å². The van der Waals surface area contributed by atoms with Gasteiger partial charge >= 0.3 is 0 Å². The third-order valence-corrected chi connectivity index (χ3v) is 3.95. The van der Waals surface area contributed by atoms with Gasteiger partial charge in [0.05, 0.1) is 7.57 Å². The summed E-state index contributed by atoms with van der Waals surface area (Å²) in [6.45, 7) is 1.78. The first-order valence-electron chi connectivity index (χ1n) is 4.02. The fourth-order valence-corrected chi connectivity index (χ4v) is 3.82. The zero-order chi connectivity index (χ0) is 10.6. The average Bonchev–Trinajstić information content (AvgIpc) is 2.45. The molecule has 0 amide bonds. The second-order valence-corrected chi connectivity index (χ2v) is 6.34. The van der Waals surface area contributed by atoms with Crippen LogP contribution in [-0.4, -0.2) is 5.78 Å². The molecule has 1 nitrogen and oxygen atoms in total. The minimum Gasteiger partial charge on any atom is -0.294 e. The first kappa shape index (κ1) is 12.0. The summed E-state index contributed by atoms with van der Waals surface area (Å²) in [5.74, 6) is 5.79. The summed E-state index contributed by atoms with van der Waals surface area (Å²) in [6, 6.07) is 1.84. The van der Waals surface area contributed by atoms with Crippen molar-refractivity contribution in [3.05, 3.63) is 19.2 Å². The summed E-state index contributed by atoms with van der Waals surface area (Å²) in [6.07, 6.45) is 1.12. The molecule has 0 aliphatic rings. The maximum atomic E-state index is 11.6. The Morgan fingerprint density at radius 1 is 1.57 bits per heavy atom. The maximum Gasteiger partial charge on any atom is 0.165 e. The highest BCUT2D eigenvalue weighted by molar-refractivity contribution is 9.12. The Kier molecular flexibility index (Phi) is 4.86. The third kappa shape index (κ3) is 3.23. The Bertz CT molecular complexity index is 398. The van der Waals surface area contributed by atoms with Crippen molar-refractivity contribution in [1.29, 1.82) is 0 Å². The van der Waals surface area contributed by atoms with Crippen LogP contribution in [0.25, 0.3) is 0 Å². The van der Waals surface area contributed by atoms with Crippen molar-refractivity contribution in [2.45, 2.75) is 19.8 Å². The summed E-state index contributed by atoms with van der Waals surface area (Å²) in [7, 11) is 0. The van der Waals surface area contributed by atoms with Gasteiger partial charge in [-0.05, 0) is 44.8 Å². The van der Waals surface area contributed by atoms with E-state index in [9.17, 15) is 4.79 Å². The highest BCUT2D eigenvalue weighted by Crippen LogP contribution is 2.32. The van der Waals surface area contributed by atoms with E-state index in [1.165, 1.54) is 11.3 Å². The molecule has 0 N–H and O–H groups in total. The highest BCUT2D eigenvalue weighted by atomic mass is 79.9. The molecule has 0 bridgehead atoms. The minimum atomic E-state index is 0.140. The lowest BCUT2D eigenvalue weighted by Crippen LogP contribution is -1.96. The van der Waals surface area contributed by atoms with Gasteiger partial charge in [-0.3, -0.25) is 4.79 Å². The summed E-state index contributed by atoms with van der Waals surface area (Å²) >= 11 is 8.21. The summed E-state index contributed by atoms with van der Waals surface area (Å²) in [5, 5.41) is 0. The van der Waals surface area contributed by atoms with Gasteiger partial charge in [0.1, 0.15) is 0 Å². The quantitative estimate of drug-likeness (QED) is 0.596. The van der Waals surface area contributed by atoms with Crippen molar-refractivity contribution >= 4 is 49.0 Å². The molecule has 0 radical (unpaired) electrons. The largest absolute Gasteiger partial charge is 0.294 e. The second-order valence-electron chi connectivity index (χ2n) is 2.59. The van der Waals surface area contributed by atoms with Crippen LogP contribution < -0.4 is 0 Å². The first-order chi connectivity index (χ1) is 6.65. The van der Waals surface area contributed by atoms with Crippen molar-refractivity contribution in [1.82, 2.24) is 0 Å². The fraction of sp³-hybridized carbons (Fsp3) is 0.300. The lowest BCUT2D eigenvalue weighted by Gasteiger charge is -1.94. The van der Waals surface area contributed by atoms with Gasteiger partial charge in [0.15, 0.2) is 5.78 Å². The van der Waals surface area contributed by atoms with Crippen molar-refractivity contribution < 1.29 is 4.79 Å². The first-order valence-corrected chi connectivity index (χ1v) is 6.43. The van der Waals surface area contributed by atoms with E-state index in [2.05, 4.69) is 43.7 Å². The van der Waals surface area contributed by atoms with Crippen LogP contribution in [0.2, 0.25) is 0 Å². The fourth-order valence-electron chi connectivity index (χ4n) is 0.966. The van der Waals surface area contributed by atoms with Crippen molar-refractivity contribution in [3.8, 4) is 11.8 Å². The lowest BCUT2D eigenvalue weighted by molar-refractivity contribution is 0.0984. The number of hydrogen-bond donors (Lipinski definition) is 0. The molecule has 4 heteroatoms.